The number of carbonyl (C=O) groups excluding carboxylic acids is 2. The van der Waals surface area contributed by atoms with Gasteiger partial charge in [-0.15, -0.1) is 0 Å². The van der Waals surface area contributed by atoms with Crippen LogP contribution in [0.5, 0.6) is 0 Å². The summed E-state index contributed by atoms with van der Waals surface area (Å²) in [5.41, 5.74) is 1.43. The number of carbonyl (C=O) groups is 2. The van der Waals surface area contributed by atoms with Crippen LogP contribution >= 0.6 is 15.9 Å². The summed E-state index contributed by atoms with van der Waals surface area (Å²) in [5, 5.41) is 0. The van der Waals surface area contributed by atoms with E-state index in [9.17, 15) is 9.59 Å². The third-order valence-corrected chi connectivity index (χ3v) is 7.60. The van der Waals surface area contributed by atoms with Gasteiger partial charge in [0.05, 0.1) is 24.4 Å². The Morgan fingerprint density at radius 3 is 2.29 bits per heavy atom. The van der Waals surface area contributed by atoms with Gasteiger partial charge in [-0.2, -0.15) is 0 Å². The van der Waals surface area contributed by atoms with Crippen molar-refractivity contribution in [2.45, 2.75) is 80.9 Å². The first-order valence-corrected chi connectivity index (χ1v) is 13.5. The van der Waals surface area contributed by atoms with E-state index in [4.69, 9.17) is 33.2 Å². The molecule has 0 aromatic heterocycles. The van der Waals surface area contributed by atoms with Crippen LogP contribution in [0.3, 0.4) is 0 Å². The molecule has 2 saturated heterocycles. The minimum Gasteiger partial charge on any atom is -0.460 e. The van der Waals surface area contributed by atoms with Crippen LogP contribution in [-0.2, 0) is 44.6 Å². The Bertz CT molecular complexity index is 1020. The van der Waals surface area contributed by atoms with Crippen molar-refractivity contribution in [3.8, 4) is 0 Å². The van der Waals surface area contributed by atoms with Crippen LogP contribution in [0.15, 0.2) is 60.7 Å². The van der Waals surface area contributed by atoms with Crippen molar-refractivity contribution in [3.63, 3.8) is 0 Å². The maximum Gasteiger partial charge on any atom is 0.338 e. The fraction of sp³-hybridized carbons (Fsp3) is 0.500. The van der Waals surface area contributed by atoms with E-state index in [1.54, 1.807) is 24.3 Å². The zero-order valence-corrected chi connectivity index (χ0v) is 23.1. The van der Waals surface area contributed by atoms with E-state index >= 15 is 0 Å². The monoisotopic (exact) mass is 592 g/mol. The summed E-state index contributed by atoms with van der Waals surface area (Å²) in [6, 6.07) is 18.5. The van der Waals surface area contributed by atoms with Crippen molar-refractivity contribution in [1.29, 1.82) is 0 Å². The number of hydrogen-bond donors (Lipinski definition) is 0. The van der Waals surface area contributed by atoms with Crippen LogP contribution in [0.1, 0.15) is 36.2 Å². The molecule has 0 spiro atoms. The highest BCUT2D eigenvalue weighted by molar-refractivity contribution is 9.09. The Morgan fingerprint density at radius 1 is 0.974 bits per heavy atom. The van der Waals surface area contributed by atoms with Gasteiger partial charge in [0, 0.05) is 13.5 Å². The normalized spacial score (nSPS) is 33.3. The second-order valence-corrected chi connectivity index (χ2v) is 10.3. The SMILES string of the molecule is CO[C@@H]1[C@@H](OC=O)[C@H](Br)[C@@H](O[C@H]2[C@H](C)O[C@H](OCc3ccccc3)C[C@@H]2OC(=O)c2ccccc2)O[C@H]1C. The molecular formula is C28H33BrO9. The molecule has 0 amide bonds. The van der Waals surface area contributed by atoms with Crippen LogP contribution in [0.25, 0.3) is 0 Å². The van der Waals surface area contributed by atoms with Gasteiger partial charge < -0.3 is 33.2 Å². The molecule has 0 unspecified atom stereocenters. The van der Waals surface area contributed by atoms with Crippen molar-refractivity contribution in [3.05, 3.63) is 71.8 Å². The number of benzene rings is 2. The first-order valence-electron chi connectivity index (χ1n) is 12.5. The Morgan fingerprint density at radius 2 is 1.63 bits per heavy atom. The molecule has 2 aliphatic rings. The van der Waals surface area contributed by atoms with Gasteiger partial charge in [0.1, 0.15) is 29.2 Å². The van der Waals surface area contributed by atoms with Crippen LogP contribution < -0.4 is 0 Å². The predicted molar refractivity (Wildman–Crippen MR) is 139 cm³/mol. The summed E-state index contributed by atoms with van der Waals surface area (Å²) in [7, 11) is 1.53. The molecule has 38 heavy (non-hydrogen) atoms. The summed E-state index contributed by atoms with van der Waals surface area (Å²) in [4.78, 5) is 23.6. The Hall–Kier alpha value is -2.34. The van der Waals surface area contributed by atoms with Gasteiger partial charge in [-0.05, 0) is 31.5 Å². The maximum absolute atomic E-state index is 13.0. The zero-order valence-electron chi connectivity index (χ0n) is 21.5. The van der Waals surface area contributed by atoms with E-state index in [0.717, 1.165) is 5.56 Å². The Balaban J connectivity index is 1.50. The van der Waals surface area contributed by atoms with Crippen molar-refractivity contribution in [1.82, 2.24) is 0 Å². The molecule has 206 valence electrons. The molecule has 2 aromatic carbocycles. The summed E-state index contributed by atoms with van der Waals surface area (Å²) in [6.07, 6.45) is -4.68. The minimum absolute atomic E-state index is 0.255. The molecule has 0 radical (unpaired) electrons. The smallest absolute Gasteiger partial charge is 0.338 e. The second kappa shape index (κ2) is 13.6. The molecular weight excluding hydrogens is 560 g/mol. The van der Waals surface area contributed by atoms with E-state index in [-0.39, 0.29) is 6.42 Å². The van der Waals surface area contributed by atoms with Gasteiger partial charge >= 0.3 is 5.97 Å². The van der Waals surface area contributed by atoms with Crippen LogP contribution in [0.2, 0.25) is 0 Å². The van der Waals surface area contributed by atoms with Gasteiger partial charge in [-0.3, -0.25) is 4.79 Å². The van der Waals surface area contributed by atoms with E-state index in [2.05, 4.69) is 15.9 Å². The molecule has 10 heteroatoms. The van der Waals surface area contributed by atoms with E-state index < -0.39 is 60.0 Å². The molecule has 0 N–H and O–H groups in total. The molecule has 2 aromatic rings. The molecule has 2 aliphatic heterocycles. The number of ether oxygens (including phenoxy) is 7. The second-order valence-electron chi connectivity index (χ2n) is 9.26. The van der Waals surface area contributed by atoms with Crippen molar-refractivity contribution < 1.29 is 42.7 Å². The van der Waals surface area contributed by atoms with Gasteiger partial charge in [-0.25, -0.2) is 4.79 Å². The third-order valence-electron chi connectivity index (χ3n) is 6.65. The number of halogens is 1. The lowest BCUT2D eigenvalue weighted by molar-refractivity contribution is -0.310. The zero-order chi connectivity index (χ0) is 27.1. The van der Waals surface area contributed by atoms with Crippen LogP contribution in [0.4, 0.5) is 0 Å². The quantitative estimate of drug-likeness (QED) is 0.230. The largest absolute Gasteiger partial charge is 0.460 e. The van der Waals surface area contributed by atoms with E-state index in [1.165, 1.54) is 7.11 Å². The number of esters is 1. The topological polar surface area (TPSA) is 98.8 Å². The summed E-state index contributed by atoms with van der Waals surface area (Å²) >= 11 is 3.56. The highest BCUT2D eigenvalue weighted by Gasteiger charge is 2.49. The fourth-order valence-electron chi connectivity index (χ4n) is 4.73. The third kappa shape index (κ3) is 6.99. The lowest BCUT2D eigenvalue weighted by Gasteiger charge is -2.45. The summed E-state index contributed by atoms with van der Waals surface area (Å²) < 4.78 is 41.4. The van der Waals surface area contributed by atoms with Gasteiger partial charge in [0.25, 0.3) is 6.47 Å². The standard InChI is InChI=1S/C28H33BrO9/c1-17-24(38-28-23(29)26(34-16-30)25(32-3)18(2)36-28)21(37-27(31)20-12-8-5-9-13-20)14-22(35-17)33-15-19-10-6-4-7-11-19/h4-13,16-18,21-26,28H,14-15H2,1-3H3/t17-,18-,21-,22-,23-,24-,25-,26-,28+/m0/s1. The van der Waals surface area contributed by atoms with E-state index in [1.807, 2.05) is 50.2 Å². The lowest BCUT2D eigenvalue weighted by atomic mass is 9.99. The fourth-order valence-corrected chi connectivity index (χ4v) is 5.41. The Kier molecular flexibility index (Phi) is 10.3. The molecule has 4 rings (SSSR count). The number of methoxy groups -OCH3 is 1. The van der Waals surface area contributed by atoms with Crippen molar-refractivity contribution in [2.75, 3.05) is 7.11 Å². The first kappa shape index (κ1) is 28.7. The molecule has 9 atom stereocenters. The van der Waals surface area contributed by atoms with Crippen LogP contribution in [0, 0.1) is 0 Å². The lowest BCUT2D eigenvalue weighted by Crippen LogP contribution is -2.60. The highest BCUT2D eigenvalue weighted by atomic mass is 79.9. The first-order chi connectivity index (χ1) is 18.4. The summed E-state index contributed by atoms with van der Waals surface area (Å²) in [6.45, 7) is 4.37. The molecule has 2 fully saturated rings. The average molecular weight is 593 g/mol. The number of alkyl halides is 1. The number of hydrogen-bond acceptors (Lipinski definition) is 9. The van der Waals surface area contributed by atoms with E-state index in [0.29, 0.717) is 18.6 Å². The van der Waals surface area contributed by atoms with Crippen molar-refractivity contribution >= 4 is 28.4 Å². The molecule has 2 heterocycles. The Labute approximate surface area is 230 Å². The molecule has 0 bridgehead atoms. The maximum atomic E-state index is 13.0. The number of rotatable bonds is 10. The minimum atomic E-state index is -0.836. The van der Waals surface area contributed by atoms with Gasteiger partial charge in [0.15, 0.2) is 12.6 Å². The molecule has 9 nitrogen and oxygen atoms in total. The molecule has 0 saturated carbocycles. The summed E-state index contributed by atoms with van der Waals surface area (Å²) in [5.74, 6) is -0.477. The van der Waals surface area contributed by atoms with Gasteiger partial charge in [0.2, 0.25) is 0 Å². The van der Waals surface area contributed by atoms with Crippen LogP contribution in [-0.4, -0.2) is 73.6 Å². The van der Waals surface area contributed by atoms with Crippen molar-refractivity contribution in [2.24, 2.45) is 0 Å². The predicted octanol–water partition coefficient (Wildman–Crippen LogP) is 4.01. The average Bonchev–Trinajstić information content (AvgIpc) is 2.93. The molecule has 0 aliphatic carbocycles. The van der Waals surface area contributed by atoms with Gasteiger partial charge in [-0.1, -0.05) is 64.5 Å². The highest BCUT2D eigenvalue weighted by Crippen LogP contribution is 2.35.